The summed E-state index contributed by atoms with van der Waals surface area (Å²) < 4.78 is 0. The molecule has 1 aliphatic heterocycles. The van der Waals surface area contributed by atoms with Gasteiger partial charge in [-0.25, -0.2) is 0 Å². The lowest BCUT2D eigenvalue weighted by atomic mass is 9.71. The molecule has 2 nitrogen and oxygen atoms in total. The Morgan fingerprint density at radius 2 is 1.16 bits per heavy atom. The second-order valence-corrected chi connectivity index (χ2v) is 11.0. The topological polar surface area (TPSA) is 15.3 Å². The molecule has 186 valence electrons. The maximum atomic E-state index is 4.36. The van der Waals surface area contributed by atoms with Crippen LogP contribution in [-0.2, 0) is 0 Å². The Labute approximate surface area is 197 Å². The van der Waals surface area contributed by atoms with E-state index in [-0.39, 0.29) is 0 Å². The molecule has 0 bridgehead atoms. The van der Waals surface area contributed by atoms with Crippen LogP contribution in [0.1, 0.15) is 150 Å². The molecule has 0 aromatic rings. The van der Waals surface area contributed by atoms with E-state index in [0.717, 1.165) is 5.92 Å². The van der Waals surface area contributed by atoms with Gasteiger partial charge in [-0.2, -0.15) is 0 Å². The van der Waals surface area contributed by atoms with E-state index in [1.54, 1.807) is 0 Å². The van der Waals surface area contributed by atoms with Gasteiger partial charge in [-0.15, -0.1) is 0 Å². The van der Waals surface area contributed by atoms with Crippen LogP contribution in [0.15, 0.2) is 0 Å². The Kier molecular flexibility index (Phi) is 17.1. The standard InChI is InChI=1S/C29H60N2/c1-6-9-12-15-17-20-27(4)30-29(23-18-14-11-8-3,24-19-16-13-10-7-2)28-21-25-31(5)26-22-28/h27-28,30H,6-26H2,1-5H3. The first-order chi connectivity index (χ1) is 15.1. The molecule has 1 rings (SSSR count). The summed E-state index contributed by atoms with van der Waals surface area (Å²) in [7, 11) is 2.32. The van der Waals surface area contributed by atoms with E-state index in [9.17, 15) is 0 Å². The molecule has 31 heavy (non-hydrogen) atoms. The van der Waals surface area contributed by atoms with Gasteiger partial charge >= 0.3 is 0 Å². The predicted octanol–water partition coefficient (Wildman–Crippen LogP) is 8.74. The zero-order valence-electron chi connectivity index (χ0n) is 22.5. The molecule has 2 unspecified atom stereocenters. The molecule has 1 fully saturated rings. The van der Waals surface area contributed by atoms with Crippen molar-refractivity contribution in [3.05, 3.63) is 0 Å². The minimum Gasteiger partial charge on any atom is -0.308 e. The summed E-state index contributed by atoms with van der Waals surface area (Å²) in [6.45, 7) is 12.1. The SMILES string of the molecule is CCCCCCCC(C)NC(CCCCCC)(CCCCCCC)C1CCN(C)CC1. The Balaban J connectivity index is 2.78. The van der Waals surface area contributed by atoms with Gasteiger partial charge in [0, 0.05) is 11.6 Å². The van der Waals surface area contributed by atoms with Gasteiger partial charge in [0.2, 0.25) is 0 Å². The highest BCUT2D eigenvalue weighted by molar-refractivity contribution is 4.97. The predicted molar refractivity (Wildman–Crippen MR) is 141 cm³/mol. The highest BCUT2D eigenvalue weighted by atomic mass is 15.1. The van der Waals surface area contributed by atoms with Crippen molar-refractivity contribution in [2.45, 2.75) is 161 Å². The lowest BCUT2D eigenvalue weighted by Crippen LogP contribution is -2.56. The molecule has 1 heterocycles. The molecule has 0 aromatic carbocycles. The molecule has 2 atom stereocenters. The van der Waals surface area contributed by atoms with Crippen molar-refractivity contribution in [2.24, 2.45) is 5.92 Å². The van der Waals surface area contributed by atoms with Crippen molar-refractivity contribution in [1.82, 2.24) is 10.2 Å². The van der Waals surface area contributed by atoms with Crippen molar-refractivity contribution >= 4 is 0 Å². The number of nitrogens with zero attached hydrogens (tertiary/aromatic N) is 1. The van der Waals surface area contributed by atoms with Gasteiger partial charge in [0.15, 0.2) is 0 Å². The van der Waals surface area contributed by atoms with E-state index in [1.165, 1.54) is 135 Å². The number of piperidine rings is 1. The molecule has 0 radical (unpaired) electrons. The first-order valence-corrected chi connectivity index (χ1v) is 14.5. The third kappa shape index (κ3) is 12.7. The van der Waals surface area contributed by atoms with Gasteiger partial charge in [-0.05, 0) is 65.1 Å². The van der Waals surface area contributed by atoms with Crippen LogP contribution in [-0.4, -0.2) is 36.6 Å². The molecular weight excluding hydrogens is 376 g/mol. The highest BCUT2D eigenvalue weighted by Crippen LogP contribution is 2.37. The second-order valence-electron chi connectivity index (χ2n) is 11.0. The Morgan fingerprint density at radius 1 is 0.710 bits per heavy atom. The van der Waals surface area contributed by atoms with Crippen LogP contribution in [0, 0.1) is 5.92 Å². The molecule has 1 N–H and O–H groups in total. The number of unbranched alkanes of at least 4 members (excludes halogenated alkanes) is 11. The number of rotatable bonds is 20. The summed E-state index contributed by atoms with van der Waals surface area (Å²) in [4.78, 5) is 2.55. The van der Waals surface area contributed by atoms with E-state index in [0.29, 0.717) is 11.6 Å². The summed E-state index contributed by atoms with van der Waals surface area (Å²) in [5, 5.41) is 4.36. The van der Waals surface area contributed by atoms with E-state index in [2.05, 4.69) is 45.0 Å². The Hall–Kier alpha value is -0.0800. The van der Waals surface area contributed by atoms with Gasteiger partial charge in [0.25, 0.3) is 0 Å². The van der Waals surface area contributed by atoms with Crippen LogP contribution in [0.5, 0.6) is 0 Å². The summed E-state index contributed by atoms with van der Waals surface area (Å²) in [6.07, 6.45) is 26.7. The van der Waals surface area contributed by atoms with Crippen molar-refractivity contribution in [2.75, 3.05) is 20.1 Å². The highest BCUT2D eigenvalue weighted by Gasteiger charge is 2.39. The lowest BCUT2D eigenvalue weighted by molar-refractivity contribution is 0.0881. The molecule has 0 saturated carbocycles. The zero-order chi connectivity index (χ0) is 22.8. The fraction of sp³-hybridized carbons (Fsp3) is 1.00. The summed E-state index contributed by atoms with van der Waals surface area (Å²) in [6, 6.07) is 0.670. The summed E-state index contributed by atoms with van der Waals surface area (Å²) in [5.74, 6) is 0.874. The molecule has 0 aliphatic carbocycles. The van der Waals surface area contributed by atoms with E-state index < -0.39 is 0 Å². The molecule has 1 saturated heterocycles. The van der Waals surface area contributed by atoms with Crippen molar-refractivity contribution in [3.63, 3.8) is 0 Å². The fourth-order valence-corrected chi connectivity index (χ4v) is 5.88. The Morgan fingerprint density at radius 3 is 1.68 bits per heavy atom. The molecule has 0 spiro atoms. The average Bonchev–Trinajstić information content (AvgIpc) is 2.76. The second kappa shape index (κ2) is 18.4. The number of hydrogen-bond donors (Lipinski definition) is 1. The number of hydrogen-bond acceptors (Lipinski definition) is 2. The van der Waals surface area contributed by atoms with Crippen molar-refractivity contribution in [3.8, 4) is 0 Å². The average molecular weight is 437 g/mol. The fourth-order valence-electron chi connectivity index (χ4n) is 5.88. The van der Waals surface area contributed by atoms with Crippen LogP contribution in [0.3, 0.4) is 0 Å². The van der Waals surface area contributed by atoms with E-state index >= 15 is 0 Å². The number of likely N-dealkylation sites (tertiary alicyclic amines) is 1. The van der Waals surface area contributed by atoms with Crippen LogP contribution < -0.4 is 5.32 Å². The maximum Gasteiger partial charge on any atom is 0.0213 e. The minimum atomic E-state index is 0.393. The van der Waals surface area contributed by atoms with Crippen LogP contribution in [0.25, 0.3) is 0 Å². The smallest absolute Gasteiger partial charge is 0.0213 e. The van der Waals surface area contributed by atoms with Crippen LogP contribution in [0.2, 0.25) is 0 Å². The van der Waals surface area contributed by atoms with Crippen molar-refractivity contribution < 1.29 is 0 Å². The quantitative estimate of drug-likeness (QED) is 0.192. The van der Waals surface area contributed by atoms with Gasteiger partial charge < -0.3 is 10.2 Å². The van der Waals surface area contributed by atoms with Crippen LogP contribution >= 0.6 is 0 Å². The Bertz CT molecular complexity index is 388. The first-order valence-electron chi connectivity index (χ1n) is 14.5. The van der Waals surface area contributed by atoms with Gasteiger partial charge in [0.1, 0.15) is 0 Å². The van der Waals surface area contributed by atoms with Gasteiger partial charge in [-0.1, -0.05) is 111 Å². The minimum absolute atomic E-state index is 0.393. The normalized spacial score (nSPS) is 18.9. The monoisotopic (exact) mass is 436 g/mol. The third-order valence-corrected chi connectivity index (χ3v) is 7.98. The summed E-state index contributed by atoms with van der Waals surface area (Å²) >= 11 is 0. The summed E-state index contributed by atoms with van der Waals surface area (Å²) in [5.41, 5.74) is 0.393. The number of nitrogens with one attached hydrogen (secondary N) is 1. The molecular formula is C29H60N2. The van der Waals surface area contributed by atoms with E-state index in [1.807, 2.05) is 0 Å². The third-order valence-electron chi connectivity index (χ3n) is 7.98. The first kappa shape index (κ1) is 29.0. The lowest BCUT2D eigenvalue weighted by Gasteiger charge is -2.47. The molecule has 0 aromatic heterocycles. The zero-order valence-corrected chi connectivity index (χ0v) is 22.5. The van der Waals surface area contributed by atoms with Crippen molar-refractivity contribution in [1.29, 1.82) is 0 Å². The van der Waals surface area contributed by atoms with Gasteiger partial charge in [-0.3, -0.25) is 0 Å². The maximum absolute atomic E-state index is 4.36. The largest absolute Gasteiger partial charge is 0.308 e. The molecule has 1 aliphatic rings. The van der Waals surface area contributed by atoms with Crippen LogP contribution in [0.4, 0.5) is 0 Å². The van der Waals surface area contributed by atoms with E-state index in [4.69, 9.17) is 0 Å². The van der Waals surface area contributed by atoms with Gasteiger partial charge in [0.05, 0.1) is 0 Å². The molecule has 2 heteroatoms. The molecule has 0 amide bonds.